The Bertz CT molecular complexity index is 1340. The van der Waals surface area contributed by atoms with Gasteiger partial charge in [-0.1, -0.05) is 38.8 Å². The number of rotatable bonds is 10. The van der Waals surface area contributed by atoms with E-state index in [1.807, 2.05) is 34.6 Å². The van der Waals surface area contributed by atoms with Crippen molar-refractivity contribution >= 4 is 40.7 Å². The van der Waals surface area contributed by atoms with Crippen LogP contribution in [0, 0.1) is 23.7 Å². The number of hydrogen-bond donors (Lipinski definition) is 3. The zero-order chi connectivity index (χ0) is 30.4. The number of nitrogens with zero attached hydrogens (tertiary/aromatic N) is 1. The van der Waals surface area contributed by atoms with Crippen LogP contribution < -0.4 is 15.4 Å². The second-order valence-electron chi connectivity index (χ2n) is 12.0. The molecule has 226 valence electrons. The Hall–Kier alpha value is -3.14. The van der Waals surface area contributed by atoms with Crippen molar-refractivity contribution in [1.29, 1.82) is 0 Å². The summed E-state index contributed by atoms with van der Waals surface area (Å²) in [4.78, 5) is 44.2. The number of carbonyl (C=O) groups excluding carboxylic acids is 3. The predicted molar refractivity (Wildman–Crippen MR) is 160 cm³/mol. The number of benzene rings is 2. The van der Waals surface area contributed by atoms with Gasteiger partial charge in [0.1, 0.15) is 17.4 Å². The summed E-state index contributed by atoms with van der Waals surface area (Å²) in [6.07, 6.45) is 1.12. The van der Waals surface area contributed by atoms with Gasteiger partial charge in [0.25, 0.3) is 0 Å². The molecule has 3 fully saturated rings. The highest BCUT2D eigenvalue weighted by Crippen LogP contribution is 2.65. The second-order valence-corrected chi connectivity index (χ2v) is 12.5. The Morgan fingerprint density at radius 3 is 2.26 bits per heavy atom. The van der Waals surface area contributed by atoms with Crippen molar-refractivity contribution in [3.05, 3.63) is 53.6 Å². The molecule has 3 unspecified atom stereocenters. The molecule has 3 aliphatic rings. The first-order valence-electron chi connectivity index (χ1n) is 14.7. The van der Waals surface area contributed by atoms with E-state index in [2.05, 4.69) is 10.6 Å². The maximum Gasteiger partial charge on any atom is 0.250 e. The molecule has 5 rings (SSSR count). The molecule has 10 heteroatoms. The number of anilines is 2. The summed E-state index contributed by atoms with van der Waals surface area (Å²) in [5.41, 5.74) is -1.10. The molecule has 0 saturated carbocycles. The number of hydrogen-bond acceptors (Lipinski definition) is 6. The quantitative estimate of drug-likeness (QED) is 0.364. The van der Waals surface area contributed by atoms with E-state index in [9.17, 15) is 19.5 Å². The third-order valence-electron chi connectivity index (χ3n) is 9.67. The Morgan fingerprint density at radius 2 is 1.69 bits per heavy atom. The summed E-state index contributed by atoms with van der Waals surface area (Å²) in [6.45, 7) is 9.92. The van der Waals surface area contributed by atoms with Crippen molar-refractivity contribution in [2.75, 3.05) is 23.8 Å². The summed E-state index contributed by atoms with van der Waals surface area (Å²) in [6, 6.07) is 12.1. The molecule has 2 aromatic rings. The molecule has 8 atom stereocenters. The average molecular weight is 598 g/mol. The normalized spacial score (nSPS) is 31.0. The molecule has 1 spiro atoms. The zero-order valence-corrected chi connectivity index (χ0v) is 25.5. The highest BCUT2D eigenvalue weighted by Gasteiger charge is 2.80. The van der Waals surface area contributed by atoms with Crippen molar-refractivity contribution in [3.8, 4) is 5.75 Å². The third-order valence-corrected chi connectivity index (χ3v) is 9.93. The summed E-state index contributed by atoms with van der Waals surface area (Å²) < 4.78 is 12.3. The van der Waals surface area contributed by atoms with Gasteiger partial charge in [0.05, 0.1) is 36.7 Å². The van der Waals surface area contributed by atoms with E-state index in [0.29, 0.717) is 41.6 Å². The van der Waals surface area contributed by atoms with Gasteiger partial charge < -0.3 is 30.1 Å². The predicted octanol–water partition coefficient (Wildman–Crippen LogP) is 4.73. The number of fused-ring (bicyclic) bond motifs is 1. The Balaban J connectivity index is 1.54. The van der Waals surface area contributed by atoms with Crippen LogP contribution >= 0.6 is 11.6 Å². The van der Waals surface area contributed by atoms with Crippen molar-refractivity contribution in [3.63, 3.8) is 0 Å². The Kier molecular flexibility index (Phi) is 8.31. The van der Waals surface area contributed by atoms with Crippen LogP contribution in [-0.2, 0) is 19.1 Å². The average Bonchev–Trinajstić information content (AvgIpc) is 3.48. The zero-order valence-electron chi connectivity index (χ0n) is 24.7. The van der Waals surface area contributed by atoms with Crippen LogP contribution in [0.5, 0.6) is 5.75 Å². The number of ether oxygens (including phenoxy) is 2. The van der Waals surface area contributed by atoms with Crippen molar-refractivity contribution in [1.82, 2.24) is 4.90 Å². The molecule has 3 aliphatic heterocycles. The molecular weight excluding hydrogens is 558 g/mol. The van der Waals surface area contributed by atoms with Crippen LogP contribution in [-0.4, -0.2) is 64.2 Å². The molecule has 2 bridgehead atoms. The molecule has 3 heterocycles. The van der Waals surface area contributed by atoms with Crippen LogP contribution in [0.1, 0.15) is 47.5 Å². The first-order chi connectivity index (χ1) is 20.0. The lowest BCUT2D eigenvalue weighted by Gasteiger charge is -2.39. The number of amides is 3. The Labute approximate surface area is 251 Å². The highest BCUT2D eigenvalue weighted by molar-refractivity contribution is 6.30. The van der Waals surface area contributed by atoms with E-state index < -0.39 is 41.0 Å². The van der Waals surface area contributed by atoms with Crippen molar-refractivity contribution < 1.29 is 29.0 Å². The molecule has 0 aromatic heterocycles. The minimum atomic E-state index is -1.23. The number of likely N-dealkylation sites (tertiary alicyclic amines) is 1. The minimum Gasteiger partial charge on any atom is -0.494 e. The lowest BCUT2D eigenvalue weighted by molar-refractivity contribution is -0.149. The number of nitrogens with one attached hydrogen (secondary N) is 2. The largest absolute Gasteiger partial charge is 0.494 e. The fourth-order valence-electron chi connectivity index (χ4n) is 7.31. The molecule has 42 heavy (non-hydrogen) atoms. The van der Waals surface area contributed by atoms with Gasteiger partial charge >= 0.3 is 0 Å². The summed E-state index contributed by atoms with van der Waals surface area (Å²) in [5.74, 6) is -2.34. The Morgan fingerprint density at radius 1 is 1.10 bits per heavy atom. The van der Waals surface area contributed by atoms with Crippen molar-refractivity contribution in [2.45, 2.75) is 70.7 Å². The number of halogens is 1. The van der Waals surface area contributed by atoms with Crippen LogP contribution in [0.2, 0.25) is 5.02 Å². The molecule has 9 nitrogen and oxygen atoms in total. The molecular formula is C32H40ClN3O6. The maximum absolute atomic E-state index is 14.5. The van der Waals surface area contributed by atoms with Crippen molar-refractivity contribution in [2.24, 2.45) is 23.7 Å². The molecule has 0 radical (unpaired) electrons. The molecule has 3 amide bonds. The van der Waals surface area contributed by atoms with E-state index in [0.717, 1.165) is 0 Å². The number of aliphatic hydroxyl groups excluding tert-OH is 1. The van der Waals surface area contributed by atoms with Gasteiger partial charge in [0.2, 0.25) is 17.7 Å². The SMILES string of the molecule is CCOc1ccc(NC(=O)[C@@H]2[C@H]3C(=O)N([C@@H](CO)[C@@H](C)CC)C(C(=O)Nc4ccc(Cl)cc4)C34CC(C)[C@@]2(C)O4)cc1. The number of aliphatic hydroxyl groups is 1. The first kappa shape index (κ1) is 30.3. The van der Waals surface area contributed by atoms with Gasteiger partial charge in [-0.15, -0.1) is 0 Å². The molecule has 0 aliphatic carbocycles. The summed E-state index contributed by atoms with van der Waals surface area (Å²) >= 11 is 6.05. The van der Waals surface area contributed by atoms with Crippen LogP contribution in [0.4, 0.5) is 11.4 Å². The van der Waals surface area contributed by atoms with Gasteiger partial charge in [0.15, 0.2) is 0 Å². The fraction of sp³-hybridized carbons (Fsp3) is 0.531. The third kappa shape index (κ3) is 4.85. The van der Waals surface area contributed by atoms with Gasteiger partial charge in [0, 0.05) is 16.4 Å². The van der Waals surface area contributed by atoms with Crippen LogP contribution in [0.15, 0.2) is 48.5 Å². The standard InChI is InChI=1S/C32H40ClN3O6/c1-6-18(3)24(17-37)36-27(29(39)35-21-10-8-20(33)9-11-21)32-16-19(4)31(5,42-32)25(26(32)30(36)40)28(38)34-22-12-14-23(15-13-22)41-7-2/h8-15,18-19,24-27,37H,6-7,16-17H2,1-5H3,(H,34,38)(H,35,39)/t18-,19?,24-,25-,26-,27?,31+,32?/m0/s1. The lowest BCUT2D eigenvalue weighted by Crippen LogP contribution is -2.57. The lowest BCUT2D eigenvalue weighted by atomic mass is 9.62. The van der Waals surface area contributed by atoms with E-state index >= 15 is 0 Å². The second kappa shape index (κ2) is 11.5. The summed E-state index contributed by atoms with van der Waals surface area (Å²) in [5, 5.41) is 17.0. The van der Waals surface area contributed by atoms with Gasteiger partial charge in [-0.3, -0.25) is 14.4 Å². The fourth-order valence-corrected chi connectivity index (χ4v) is 7.44. The van der Waals surface area contributed by atoms with E-state index in [-0.39, 0.29) is 30.3 Å². The molecule has 2 aromatic carbocycles. The van der Waals surface area contributed by atoms with Crippen LogP contribution in [0.3, 0.4) is 0 Å². The van der Waals surface area contributed by atoms with E-state index in [1.54, 1.807) is 48.5 Å². The number of carbonyl (C=O) groups is 3. The van der Waals surface area contributed by atoms with Crippen LogP contribution in [0.25, 0.3) is 0 Å². The van der Waals surface area contributed by atoms with Gasteiger partial charge in [-0.25, -0.2) is 0 Å². The minimum absolute atomic E-state index is 0.0960. The highest BCUT2D eigenvalue weighted by atomic mass is 35.5. The van der Waals surface area contributed by atoms with Gasteiger partial charge in [-0.2, -0.15) is 0 Å². The summed E-state index contributed by atoms with van der Waals surface area (Å²) in [7, 11) is 0. The van der Waals surface area contributed by atoms with Gasteiger partial charge in [-0.05, 0) is 80.6 Å². The topological polar surface area (TPSA) is 117 Å². The maximum atomic E-state index is 14.5. The molecule has 3 saturated heterocycles. The monoisotopic (exact) mass is 597 g/mol. The molecule has 3 N–H and O–H groups in total. The smallest absolute Gasteiger partial charge is 0.250 e. The van der Waals surface area contributed by atoms with E-state index in [1.165, 1.54) is 4.90 Å². The van der Waals surface area contributed by atoms with E-state index in [4.69, 9.17) is 21.1 Å². The first-order valence-corrected chi connectivity index (χ1v) is 15.1.